The molecular weight excluding hydrogens is 412 g/mol. The third-order valence-corrected chi connectivity index (χ3v) is 7.64. The monoisotopic (exact) mass is 440 g/mol. The predicted octanol–water partition coefficient (Wildman–Crippen LogP) is 8.96. The van der Waals surface area contributed by atoms with Crippen LogP contribution >= 0.6 is 0 Å². The second kappa shape index (κ2) is 6.48. The Bertz CT molecular complexity index is 1910. The zero-order valence-corrected chi connectivity index (χ0v) is 20.4. The lowest BCUT2D eigenvalue weighted by molar-refractivity contribution is 0.591. The molecule has 34 heavy (non-hydrogen) atoms. The number of benzene rings is 4. The van der Waals surface area contributed by atoms with E-state index in [9.17, 15) is 0 Å². The molecule has 0 radical (unpaired) electrons. The number of pyridine rings is 2. The average Bonchev–Trinajstić information content (AvgIpc) is 3.16. The summed E-state index contributed by atoms with van der Waals surface area (Å²) in [5.41, 5.74) is 7.86. The summed E-state index contributed by atoms with van der Waals surface area (Å²) in [5.74, 6) is 0.377. The summed E-state index contributed by atoms with van der Waals surface area (Å²) in [6.45, 7) is 11.5. The van der Waals surface area contributed by atoms with Crippen LogP contribution in [0.3, 0.4) is 0 Å². The molecule has 0 N–H and O–H groups in total. The van der Waals surface area contributed by atoms with Gasteiger partial charge in [-0.1, -0.05) is 83.1 Å². The van der Waals surface area contributed by atoms with Crippen molar-refractivity contribution >= 4 is 59.8 Å². The van der Waals surface area contributed by atoms with Gasteiger partial charge in [0.15, 0.2) is 0 Å². The molecule has 0 atom stereocenters. The molecule has 166 valence electrons. The second-order valence-corrected chi connectivity index (χ2v) is 11.1. The van der Waals surface area contributed by atoms with Gasteiger partial charge in [-0.15, -0.1) is 0 Å². The molecule has 0 bridgehead atoms. The Morgan fingerprint density at radius 3 is 2.32 bits per heavy atom. The quantitative estimate of drug-likeness (QED) is 0.184. The fraction of sp³-hybridized carbons (Fsp3) is 0.219. The van der Waals surface area contributed by atoms with E-state index < -0.39 is 0 Å². The van der Waals surface area contributed by atoms with Crippen LogP contribution in [0.25, 0.3) is 59.8 Å². The van der Waals surface area contributed by atoms with E-state index in [1.807, 2.05) is 6.20 Å². The van der Waals surface area contributed by atoms with Gasteiger partial charge in [-0.2, -0.15) is 0 Å². The zero-order chi connectivity index (χ0) is 23.4. The Labute approximate surface area is 199 Å². The van der Waals surface area contributed by atoms with Crippen LogP contribution in [-0.2, 0) is 5.41 Å². The van der Waals surface area contributed by atoms with Gasteiger partial charge in [0.2, 0.25) is 0 Å². The highest BCUT2D eigenvalue weighted by Gasteiger charge is 2.24. The minimum atomic E-state index is 0.0848. The first-order chi connectivity index (χ1) is 16.3. The van der Waals surface area contributed by atoms with E-state index in [1.165, 1.54) is 65.4 Å². The van der Waals surface area contributed by atoms with Crippen molar-refractivity contribution in [3.05, 3.63) is 84.1 Å². The molecule has 0 aliphatic carbocycles. The molecule has 7 aromatic rings. The summed E-state index contributed by atoms with van der Waals surface area (Å²) in [6.07, 6.45) is 1.97. The summed E-state index contributed by atoms with van der Waals surface area (Å²) in [5, 5.41) is 9.01. The van der Waals surface area contributed by atoms with Crippen molar-refractivity contribution in [3.8, 4) is 0 Å². The number of rotatable bonds is 1. The smallest absolute Gasteiger partial charge is 0.0823 e. The van der Waals surface area contributed by atoms with Gasteiger partial charge in [0, 0.05) is 27.7 Å². The van der Waals surface area contributed by atoms with Crippen LogP contribution in [-0.4, -0.2) is 9.38 Å². The maximum Gasteiger partial charge on any atom is 0.0823 e. The van der Waals surface area contributed by atoms with Crippen LogP contribution in [0, 0.1) is 0 Å². The summed E-state index contributed by atoms with van der Waals surface area (Å²) in [6, 6.07) is 25.0. The first kappa shape index (κ1) is 19.8. The normalized spacial score (nSPS) is 13.1. The average molecular weight is 441 g/mol. The third-order valence-electron chi connectivity index (χ3n) is 7.64. The molecule has 0 aliphatic heterocycles. The van der Waals surface area contributed by atoms with Crippen molar-refractivity contribution < 1.29 is 0 Å². The highest BCUT2D eigenvalue weighted by molar-refractivity contribution is 6.29. The van der Waals surface area contributed by atoms with Gasteiger partial charge < -0.3 is 4.40 Å². The van der Waals surface area contributed by atoms with Crippen molar-refractivity contribution in [2.45, 2.75) is 46.0 Å². The number of hydrogen-bond donors (Lipinski definition) is 0. The van der Waals surface area contributed by atoms with Crippen molar-refractivity contribution in [3.63, 3.8) is 0 Å². The molecule has 4 aromatic carbocycles. The summed E-state index contributed by atoms with van der Waals surface area (Å²) >= 11 is 0. The molecule has 2 nitrogen and oxygen atoms in total. The van der Waals surface area contributed by atoms with Gasteiger partial charge in [0.25, 0.3) is 0 Å². The van der Waals surface area contributed by atoms with Crippen LogP contribution in [0.15, 0.2) is 72.9 Å². The van der Waals surface area contributed by atoms with Crippen LogP contribution in [0.2, 0.25) is 0 Å². The van der Waals surface area contributed by atoms with Gasteiger partial charge >= 0.3 is 0 Å². The van der Waals surface area contributed by atoms with E-state index in [0.29, 0.717) is 5.92 Å². The molecule has 2 heteroatoms. The maximum absolute atomic E-state index is 4.98. The van der Waals surface area contributed by atoms with Gasteiger partial charge in [-0.05, 0) is 56.8 Å². The molecule has 0 saturated carbocycles. The molecule has 3 heterocycles. The number of nitrogens with zero attached hydrogens (tertiary/aromatic N) is 2. The third kappa shape index (κ3) is 2.43. The molecule has 7 rings (SSSR count). The number of aromatic nitrogens is 2. The van der Waals surface area contributed by atoms with Gasteiger partial charge in [-0.25, -0.2) is 0 Å². The first-order valence-corrected chi connectivity index (χ1v) is 12.3. The molecular formula is C32H28N2. The van der Waals surface area contributed by atoms with Gasteiger partial charge in [0.1, 0.15) is 0 Å². The van der Waals surface area contributed by atoms with E-state index in [4.69, 9.17) is 4.98 Å². The summed E-state index contributed by atoms with van der Waals surface area (Å²) in [7, 11) is 0. The van der Waals surface area contributed by atoms with Crippen molar-refractivity contribution in [2.24, 2.45) is 0 Å². The minimum absolute atomic E-state index is 0.0848. The molecule has 0 amide bonds. The first-order valence-electron chi connectivity index (χ1n) is 12.3. The highest BCUT2D eigenvalue weighted by atomic mass is 14.9. The second-order valence-electron chi connectivity index (χ2n) is 11.1. The Hall–Kier alpha value is -3.65. The molecule has 0 aliphatic rings. The predicted molar refractivity (Wildman–Crippen MR) is 147 cm³/mol. The van der Waals surface area contributed by atoms with E-state index in [1.54, 1.807) is 0 Å². The number of hydrogen-bond acceptors (Lipinski definition) is 1. The Morgan fingerprint density at radius 1 is 0.735 bits per heavy atom. The van der Waals surface area contributed by atoms with Crippen LogP contribution < -0.4 is 0 Å². The topological polar surface area (TPSA) is 17.3 Å². The van der Waals surface area contributed by atoms with Crippen molar-refractivity contribution in [1.29, 1.82) is 0 Å². The standard InChI is InChI=1S/C32H28N2/c1-18(2)27-22-9-7-6-8-20(22)16-25-29-28-19(14-15-33-29)10-12-24-23-13-11-21(32(3,4)5)17-26(23)34(30(24)28)31(25)27/h6-18H,1-5H3. The van der Waals surface area contributed by atoms with Gasteiger partial charge in [0.05, 0.1) is 22.1 Å². The Balaban J connectivity index is 1.90. The minimum Gasteiger partial charge on any atom is -0.308 e. The van der Waals surface area contributed by atoms with Crippen LogP contribution in [0.5, 0.6) is 0 Å². The van der Waals surface area contributed by atoms with E-state index in [0.717, 1.165) is 5.52 Å². The lowest BCUT2D eigenvalue weighted by atomic mass is 9.86. The zero-order valence-electron chi connectivity index (χ0n) is 20.4. The Kier molecular flexibility index (Phi) is 3.77. The van der Waals surface area contributed by atoms with Crippen molar-refractivity contribution in [2.75, 3.05) is 0 Å². The van der Waals surface area contributed by atoms with E-state index in [-0.39, 0.29) is 5.41 Å². The Morgan fingerprint density at radius 2 is 1.53 bits per heavy atom. The molecule has 0 saturated heterocycles. The fourth-order valence-corrected chi connectivity index (χ4v) is 6.04. The highest BCUT2D eigenvalue weighted by Crippen LogP contribution is 2.44. The van der Waals surface area contributed by atoms with Crippen LogP contribution in [0.1, 0.15) is 51.7 Å². The van der Waals surface area contributed by atoms with Gasteiger partial charge in [-0.3, -0.25) is 4.98 Å². The molecule has 3 aromatic heterocycles. The SMILES string of the molecule is CC(C)c1c2ccccc2cc2c3nccc4ccc5c6ccc(C(C)(C)C)cc6n(c12)c5c43. The summed E-state index contributed by atoms with van der Waals surface area (Å²) in [4.78, 5) is 4.98. The molecule has 0 unspecified atom stereocenters. The van der Waals surface area contributed by atoms with E-state index >= 15 is 0 Å². The lowest BCUT2D eigenvalue weighted by Gasteiger charge is -2.21. The number of fused-ring (bicyclic) bond motifs is 7. The maximum atomic E-state index is 4.98. The lowest BCUT2D eigenvalue weighted by Crippen LogP contribution is -2.10. The van der Waals surface area contributed by atoms with Crippen LogP contribution in [0.4, 0.5) is 0 Å². The van der Waals surface area contributed by atoms with E-state index in [2.05, 4.69) is 106 Å². The van der Waals surface area contributed by atoms with Crippen molar-refractivity contribution in [1.82, 2.24) is 9.38 Å². The molecule has 0 spiro atoms. The summed E-state index contributed by atoms with van der Waals surface area (Å²) < 4.78 is 2.56. The fourth-order valence-electron chi connectivity index (χ4n) is 6.04. The molecule has 0 fully saturated rings. The largest absolute Gasteiger partial charge is 0.308 e.